The van der Waals surface area contributed by atoms with Gasteiger partial charge >= 0.3 is 0 Å². The summed E-state index contributed by atoms with van der Waals surface area (Å²) in [7, 11) is 1.75. The van der Waals surface area contributed by atoms with Gasteiger partial charge in [-0.2, -0.15) is 0 Å². The predicted octanol–water partition coefficient (Wildman–Crippen LogP) is 2.68. The summed E-state index contributed by atoms with van der Waals surface area (Å²) in [6.45, 7) is 13.4. The fraction of sp³-hybridized carbons (Fsp3) is 0.706. The van der Waals surface area contributed by atoms with Crippen LogP contribution in [0, 0.1) is 5.92 Å². The van der Waals surface area contributed by atoms with Crippen LogP contribution < -0.4 is 5.32 Å². The van der Waals surface area contributed by atoms with Gasteiger partial charge in [-0.1, -0.05) is 33.8 Å². The summed E-state index contributed by atoms with van der Waals surface area (Å²) >= 11 is 0. The van der Waals surface area contributed by atoms with E-state index in [9.17, 15) is 0 Å². The Kier molecular flexibility index (Phi) is 8.50. The summed E-state index contributed by atoms with van der Waals surface area (Å²) < 4.78 is 5.19. The Hall–Kier alpha value is -0.970. The molecule has 21 heavy (non-hydrogen) atoms. The lowest BCUT2D eigenvalue weighted by atomic mass is 10.2. The summed E-state index contributed by atoms with van der Waals surface area (Å²) in [5.74, 6) is 0.649. The Morgan fingerprint density at radius 2 is 2.00 bits per heavy atom. The van der Waals surface area contributed by atoms with Crippen molar-refractivity contribution in [1.82, 2.24) is 15.2 Å². The molecule has 0 fully saturated rings. The standard InChI is InChI=1S/C17H31N3O/c1-14(2)12-20(8-9-21-5)13-17-7-6-16(11-19-17)10-18-15(3)4/h6-7,11,14-15,18H,8-10,12-13H2,1-5H3. The first-order valence-electron chi connectivity index (χ1n) is 7.89. The van der Waals surface area contributed by atoms with Crippen LogP contribution in [-0.4, -0.2) is 42.7 Å². The second-order valence-corrected chi connectivity index (χ2v) is 6.32. The van der Waals surface area contributed by atoms with Gasteiger partial charge < -0.3 is 10.1 Å². The van der Waals surface area contributed by atoms with Gasteiger partial charge in [-0.3, -0.25) is 9.88 Å². The maximum Gasteiger partial charge on any atom is 0.0589 e. The normalized spacial score (nSPS) is 11.8. The van der Waals surface area contributed by atoms with Crippen LogP contribution in [0.15, 0.2) is 18.3 Å². The Balaban J connectivity index is 2.53. The molecule has 0 spiro atoms. The fourth-order valence-corrected chi connectivity index (χ4v) is 2.18. The monoisotopic (exact) mass is 293 g/mol. The second kappa shape index (κ2) is 9.87. The molecule has 4 nitrogen and oxygen atoms in total. The maximum atomic E-state index is 5.19. The Labute approximate surface area is 129 Å². The first-order chi connectivity index (χ1) is 10.0. The van der Waals surface area contributed by atoms with Crippen molar-refractivity contribution < 1.29 is 4.74 Å². The highest BCUT2D eigenvalue weighted by Crippen LogP contribution is 2.07. The van der Waals surface area contributed by atoms with Crippen LogP contribution in [0.4, 0.5) is 0 Å². The third kappa shape index (κ3) is 8.15. The van der Waals surface area contributed by atoms with Crippen molar-refractivity contribution in [2.75, 3.05) is 26.8 Å². The molecular weight excluding hydrogens is 262 g/mol. The van der Waals surface area contributed by atoms with E-state index in [0.29, 0.717) is 12.0 Å². The molecule has 0 bridgehead atoms. The Bertz CT molecular complexity index is 376. The minimum absolute atomic E-state index is 0.500. The van der Waals surface area contributed by atoms with E-state index < -0.39 is 0 Å². The van der Waals surface area contributed by atoms with Crippen molar-refractivity contribution in [3.8, 4) is 0 Å². The van der Waals surface area contributed by atoms with E-state index in [1.165, 1.54) is 5.56 Å². The van der Waals surface area contributed by atoms with Gasteiger partial charge in [0, 0.05) is 45.5 Å². The Morgan fingerprint density at radius 3 is 2.52 bits per heavy atom. The summed E-state index contributed by atoms with van der Waals surface area (Å²) in [5.41, 5.74) is 2.36. The first kappa shape index (κ1) is 18.1. The highest BCUT2D eigenvalue weighted by atomic mass is 16.5. The van der Waals surface area contributed by atoms with Crippen molar-refractivity contribution in [2.45, 2.75) is 46.8 Å². The topological polar surface area (TPSA) is 37.4 Å². The lowest BCUT2D eigenvalue weighted by molar-refractivity contribution is 0.135. The van der Waals surface area contributed by atoms with Gasteiger partial charge in [-0.15, -0.1) is 0 Å². The van der Waals surface area contributed by atoms with Gasteiger partial charge in [0.2, 0.25) is 0 Å². The molecule has 1 aromatic heterocycles. The zero-order chi connectivity index (χ0) is 15.7. The average Bonchev–Trinajstić information content (AvgIpc) is 2.43. The molecule has 0 saturated carbocycles. The number of rotatable bonds is 10. The predicted molar refractivity (Wildman–Crippen MR) is 88.2 cm³/mol. The van der Waals surface area contributed by atoms with Gasteiger partial charge in [-0.25, -0.2) is 0 Å². The fourth-order valence-electron chi connectivity index (χ4n) is 2.18. The molecule has 1 heterocycles. The van der Waals surface area contributed by atoms with Crippen LogP contribution in [0.5, 0.6) is 0 Å². The van der Waals surface area contributed by atoms with Gasteiger partial charge in [0.25, 0.3) is 0 Å². The second-order valence-electron chi connectivity index (χ2n) is 6.32. The summed E-state index contributed by atoms with van der Waals surface area (Å²) in [6, 6.07) is 4.80. The van der Waals surface area contributed by atoms with Crippen molar-refractivity contribution in [3.63, 3.8) is 0 Å². The molecule has 0 unspecified atom stereocenters. The van der Waals surface area contributed by atoms with E-state index in [1.807, 2.05) is 6.20 Å². The number of ether oxygens (including phenoxy) is 1. The largest absolute Gasteiger partial charge is 0.383 e. The van der Waals surface area contributed by atoms with Crippen LogP contribution in [0.3, 0.4) is 0 Å². The van der Waals surface area contributed by atoms with Gasteiger partial charge in [0.1, 0.15) is 0 Å². The molecular formula is C17H31N3O. The highest BCUT2D eigenvalue weighted by molar-refractivity contribution is 5.14. The molecule has 120 valence electrons. The summed E-state index contributed by atoms with van der Waals surface area (Å²) in [6.07, 6.45) is 1.98. The van der Waals surface area contributed by atoms with Crippen molar-refractivity contribution >= 4 is 0 Å². The zero-order valence-electron chi connectivity index (χ0n) is 14.2. The number of nitrogens with zero attached hydrogens (tertiary/aromatic N) is 2. The van der Waals surface area contributed by atoms with E-state index >= 15 is 0 Å². The molecule has 0 aliphatic rings. The smallest absolute Gasteiger partial charge is 0.0589 e. The molecule has 0 aliphatic heterocycles. The number of pyridine rings is 1. The van der Waals surface area contributed by atoms with E-state index in [2.05, 4.69) is 55.0 Å². The van der Waals surface area contributed by atoms with Crippen molar-refractivity contribution in [1.29, 1.82) is 0 Å². The quantitative estimate of drug-likeness (QED) is 0.720. The highest BCUT2D eigenvalue weighted by Gasteiger charge is 2.09. The molecule has 0 saturated heterocycles. The van der Waals surface area contributed by atoms with Crippen LogP contribution in [0.2, 0.25) is 0 Å². The van der Waals surface area contributed by atoms with Crippen molar-refractivity contribution in [3.05, 3.63) is 29.6 Å². The SMILES string of the molecule is COCCN(Cc1ccc(CNC(C)C)cn1)CC(C)C. The number of aromatic nitrogens is 1. The molecule has 0 aliphatic carbocycles. The minimum atomic E-state index is 0.500. The first-order valence-corrected chi connectivity index (χ1v) is 7.89. The van der Waals surface area contributed by atoms with Crippen molar-refractivity contribution in [2.24, 2.45) is 5.92 Å². The minimum Gasteiger partial charge on any atom is -0.383 e. The molecule has 0 amide bonds. The molecule has 1 aromatic rings. The van der Waals surface area contributed by atoms with Crippen LogP contribution >= 0.6 is 0 Å². The number of hydrogen-bond donors (Lipinski definition) is 1. The third-order valence-electron chi connectivity index (χ3n) is 3.22. The van der Waals surface area contributed by atoms with E-state index in [1.54, 1.807) is 7.11 Å². The number of nitrogens with one attached hydrogen (secondary N) is 1. The zero-order valence-corrected chi connectivity index (χ0v) is 14.2. The van der Waals surface area contributed by atoms with Crippen LogP contribution in [0.1, 0.15) is 39.0 Å². The lowest BCUT2D eigenvalue weighted by Crippen LogP contribution is -2.31. The average molecular weight is 293 g/mol. The van der Waals surface area contributed by atoms with E-state index in [4.69, 9.17) is 4.74 Å². The van der Waals surface area contributed by atoms with Crippen LogP contribution in [0.25, 0.3) is 0 Å². The maximum absolute atomic E-state index is 5.19. The third-order valence-corrected chi connectivity index (χ3v) is 3.22. The van der Waals surface area contributed by atoms with E-state index in [-0.39, 0.29) is 0 Å². The molecule has 0 aromatic carbocycles. The molecule has 0 atom stereocenters. The number of hydrogen-bond acceptors (Lipinski definition) is 4. The summed E-state index contributed by atoms with van der Waals surface area (Å²) in [4.78, 5) is 6.99. The lowest BCUT2D eigenvalue weighted by Gasteiger charge is -2.23. The van der Waals surface area contributed by atoms with Gasteiger partial charge in [-0.05, 0) is 17.5 Å². The molecule has 0 radical (unpaired) electrons. The Morgan fingerprint density at radius 1 is 1.24 bits per heavy atom. The van der Waals surface area contributed by atoms with Crippen LogP contribution in [-0.2, 0) is 17.8 Å². The van der Waals surface area contributed by atoms with Gasteiger partial charge in [0.05, 0.1) is 12.3 Å². The molecule has 4 heteroatoms. The van der Waals surface area contributed by atoms with E-state index in [0.717, 1.165) is 38.5 Å². The molecule has 1 N–H and O–H groups in total. The molecule has 1 rings (SSSR count). The summed E-state index contributed by atoms with van der Waals surface area (Å²) in [5, 5.41) is 3.41. The van der Waals surface area contributed by atoms with Gasteiger partial charge in [0.15, 0.2) is 0 Å². The number of methoxy groups -OCH3 is 1.